The number of allylic oxidation sites excluding steroid dienone is 1. The van der Waals surface area contributed by atoms with Crippen LogP contribution in [0.25, 0.3) is 6.08 Å². The van der Waals surface area contributed by atoms with Crippen LogP contribution < -0.4 is 14.8 Å². The molecule has 0 aliphatic carbocycles. The van der Waals surface area contributed by atoms with Crippen LogP contribution in [0, 0.1) is 12.3 Å². The molecule has 5 heteroatoms. The van der Waals surface area contributed by atoms with Gasteiger partial charge in [0.15, 0.2) is 11.5 Å². The zero-order valence-corrected chi connectivity index (χ0v) is 15.2. The Morgan fingerprint density at radius 1 is 1.24 bits per heavy atom. The third-order valence-corrected chi connectivity index (χ3v) is 4.35. The Labute approximate surface area is 155 Å². The number of hydrogen-bond donors (Lipinski definition) is 1. The maximum absolute atomic E-state index is 12.5. The lowest BCUT2D eigenvalue weighted by Crippen LogP contribution is -2.02. The smallest absolute Gasteiger partial charge is 0.211 e. The van der Waals surface area contributed by atoms with Gasteiger partial charge in [-0.05, 0) is 42.8 Å². The summed E-state index contributed by atoms with van der Waals surface area (Å²) in [6.07, 6.45) is 7.04. The second-order valence-electron chi connectivity index (χ2n) is 5.30. The Morgan fingerprint density at radius 2 is 2.00 bits per heavy atom. The van der Waals surface area contributed by atoms with Gasteiger partial charge in [0, 0.05) is 15.7 Å². The first-order valence-corrected chi connectivity index (χ1v) is 8.58. The number of Topliss-reactive ketones (excluding diaryl/α,β-unsaturated/α-hetero) is 1. The number of ether oxygens (including phenoxy) is 2. The third-order valence-electron chi connectivity index (χ3n) is 3.66. The molecule has 0 saturated heterocycles. The average Bonchev–Trinajstić information content (AvgIpc) is 2.93. The summed E-state index contributed by atoms with van der Waals surface area (Å²) in [5, 5.41) is 3.15. The first-order valence-electron chi connectivity index (χ1n) is 7.79. The molecule has 0 unspecified atom stereocenters. The number of para-hydroxylation sites is 1. The van der Waals surface area contributed by atoms with Gasteiger partial charge in [-0.3, -0.25) is 4.79 Å². The molecular weight excluding hydrogens is 382 g/mol. The molecule has 2 aromatic rings. The summed E-state index contributed by atoms with van der Waals surface area (Å²) >= 11 is 3.52. The van der Waals surface area contributed by atoms with E-state index < -0.39 is 0 Å². The fourth-order valence-electron chi connectivity index (χ4n) is 2.56. The highest BCUT2D eigenvalue weighted by atomic mass is 79.9. The lowest BCUT2D eigenvalue weighted by molar-refractivity contribution is 0.104. The number of halogens is 1. The molecule has 0 atom stereocenters. The van der Waals surface area contributed by atoms with Crippen LogP contribution in [0.15, 0.2) is 46.6 Å². The Balaban J connectivity index is 1.97. The number of carbonyl (C=O) groups excluding carboxylic acids is 1. The van der Waals surface area contributed by atoms with Crippen LogP contribution in [0.5, 0.6) is 11.5 Å². The molecule has 0 fully saturated rings. The number of rotatable bonds is 5. The van der Waals surface area contributed by atoms with Crippen LogP contribution in [0.3, 0.4) is 0 Å². The number of hydrogen-bond acceptors (Lipinski definition) is 4. The molecule has 0 radical (unpaired) electrons. The minimum atomic E-state index is -0.0341. The fourth-order valence-corrected chi connectivity index (χ4v) is 2.99. The topological polar surface area (TPSA) is 47.6 Å². The molecule has 0 amide bonds. The molecule has 2 aromatic carbocycles. The van der Waals surface area contributed by atoms with Crippen molar-refractivity contribution >= 4 is 33.5 Å². The highest BCUT2D eigenvalue weighted by Gasteiger charge is 2.24. The van der Waals surface area contributed by atoms with Crippen molar-refractivity contribution in [2.24, 2.45) is 0 Å². The molecule has 1 N–H and O–H groups in total. The van der Waals surface area contributed by atoms with Crippen molar-refractivity contribution in [3.05, 3.63) is 57.7 Å². The predicted octanol–water partition coefficient (Wildman–Crippen LogP) is 4.51. The third kappa shape index (κ3) is 3.54. The summed E-state index contributed by atoms with van der Waals surface area (Å²) in [6, 6.07) is 11.0. The molecule has 4 nitrogen and oxygen atoms in total. The summed E-state index contributed by atoms with van der Waals surface area (Å²) < 4.78 is 11.9. The quantitative estimate of drug-likeness (QED) is 0.595. The Morgan fingerprint density at radius 3 is 2.72 bits per heavy atom. The average molecular weight is 398 g/mol. The van der Waals surface area contributed by atoms with E-state index >= 15 is 0 Å². The normalized spacial score (nSPS) is 14.0. The fraction of sp³-hybridized carbons (Fsp3) is 0.150. The van der Waals surface area contributed by atoms with Crippen molar-refractivity contribution in [1.29, 1.82) is 0 Å². The van der Waals surface area contributed by atoms with E-state index in [1.54, 1.807) is 12.1 Å². The lowest BCUT2D eigenvalue weighted by Gasteiger charge is -2.13. The van der Waals surface area contributed by atoms with E-state index in [4.69, 9.17) is 15.9 Å². The van der Waals surface area contributed by atoms with Gasteiger partial charge < -0.3 is 14.8 Å². The van der Waals surface area contributed by atoms with E-state index in [0.717, 1.165) is 15.7 Å². The number of anilines is 1. The van der Waals surface area contributed by atoms with Crippen LogP contribution in [0.4, 0.5) is 5.69 Å². The highest BCUT2D eigenvalue weighted by Crippen LogP contribution is 2.36. The summed E-state index contributed by atoms with van der Waals surface area (Å²) in [4.78, 5) is 12.5. The molecule has 1 heterocycles. The molecule has 1 aliphatic heterocycles. The maximum atomic E-state index is 12.5. The van der Waals surface area contributed by atoms with E-state index in [-0.39, 0.29) is 12.4 Å². The molecule has 25 heavy (non-hydrogen) atoms. The largest absolute Gasteiger partial charge is 0.490 e. The van der Waals surface area contributed by atoms with Crippen LogP contribution in [-0.4, -0.2) is 19.0 Å². The number of benzene rings is 2. The van der Waals surface area contributed by atoms with Crippen molar-refractivity contribution in [1.82, 2.24) is 0 Å². The van der Waals surface area contributed by atoms with Crippen LogP contribution in [0.1, 0.15) is 22.8 Å². The van der Waals surface area contributed by atoms with E-state index in [1.165, 1.54) is 0 Å². The van der Waals surface area contributed by atoms with E-state index in [2.05, 4.69) is 27.2 Å². The first-order chi connectivity index (χ1) is 12.1. The van der Waals surface area contributed by atoms with Gasteiger partial charge in [0.1, 0.15) is 6.61 Å². The maximum Gasteiger partial charge on any atom is 0.211 e. The van der Waals surface area contributed by atoms with Gasteiger partial charge in [-0.25, -0.2) is 0 Å². The van der Waals surface area contributed by atoms with Gasteiger partial charge in [0.25, 0.3) is 0 Å². The Bertz CT molecular complexity index is 896. The SMILES string of the molecule is C#CCOc1cc(Br)c(/C=C2/Nc3ccccc3C2=O)cc1OCC. The Kier molecular flexibility index (Phi) is 5.11. The molecule has 0 bridgehead atoms. The second-order valence-corrected chi connectivity index (χ2v) is 6.16. The lowest BCUT2D eigenvalue weighted by atomic mass is 10.1. The van der Waals surface area contributed by atoms with E-state index in [9.17, 15) is 4.79 Å². The van der Waals surface area contributed by atoms with Crippen LogP contribution >= 0.6 is 15.9 Å². The van der Waals surface area contributed by atoms with Crippen molar-refractivity contribution in [2.45, 2.75) is 6.92 Å². The monoisotopic (exact) mass is 397 g/mol. The van der Waals surface area contributed by atoms with Crippen molar-refractivity contribution in [3.63, 3.8) is 0 Å². The molecule has 126 valence electrons. The first kappa shape index (κ1) is 17.1. The number of terminal acetylenes is 1. The highest BCUT2D eigenvalue weighted by molar-refractivity contribution is 9.10. The second kappa shape index (κ2) is 7.45. The summed E-state index contributed by atoms with van der Waals surface area (Å²) in [6.45, 7) is 2.54. The predicted molar refractivity (Wildman–Crippen MR) is 102 cm³/mol. The van der Waals surface area contributed by atoms with E-state index in [1.807, 2.05) is 37.3 Å². The van der Waals surface area contributed by atoms with Crippen molar-refractivity contribution < 1.29 is 14.3 Å². The van der Waals surface area contributed by atoms with Gasteiger partial charge >= 0.3 is 0 Å². The zero-order chi connectivity index (χ0) is 17.8. The molecule has 0 spiro atoms. The van der Waals surface area contributed by atoms with Gasteiger partial charge in [-0.1, -0.05) is 34.0 Å². The standard InChI is InChI=1S/C20H16BrNO3/c1-3-9-25-19-12-15(21)13(11-18(19)24-4-2)10-17-20(23)14-7-5-6-8-16(14)22-17/h1,5-8,10-12,22H,4,9H2,2H3/b17-10+. The van der Waals surface area contributed by atoms with Gasteiger partial charge in [-0.2, -0.15) is 0 Å². The van der Waals surface area contributed by atoms with Crippen molar-refractivity contribution in [2.75, 3.05) is 18.5 Å². The number of ketones is 1. The molecule has 3 rings (SSSR count). The summed E-state index contributed by atoms with van der Waals surface area (Å²) in [5.41, 5.74) is 2.81. The number of carbonyl (C=O) groups is 1. The number of fused-ring (bicyclic) bond motifs is 1. The molecule has 0 aromatic heterocycles. The minimum absolute atomic E-state index is 0.0341. The minimum Gasteiger partial charge on any atom is -0.490 e. The van der Waals surface area contributed by atoms with Crippen LogP contribution in [-0.2, 0) is 0 Å². The Hall–Kier alpha value is -2.71. The number of nitrogens with one attached hydrogen (secondary N) is 1. The summed E-state index contributed by atoms with van der Waals surface area (Å²) in [5.74, 6) is 3.54. The van der Waals surface area contributed by atoms with E-state index in [0.29, 0.717) is 29.4 Å². The summed E-state index contributed by atoms with van der Waals surface area (Å²) in [7, 11) is 0. The zero-order valence-electron chi connectivity index (χ0n) is 13.6. The van der Waals surface area contributed by atoms with Gasteiger partial charge in [0.05, 0.1) is 12.3 Å². The molecular formula is C20H16BrNO3. The molecule has 1 aliphatic rings. The van der Waals surface area contributed by atoms with Gasteiger partial charge in [-0.15, -0.1) is 6.42 Å². The van der Waals surface area contributed by atoms with Gasteiger partial charge in [0.2, 0.25) is 5.78 Å². The van der Waals surface area contributed by atoms with Crippen molar-refractivity contribution in [3.8, 4) is 23.8 Å². The van der Waals surface area contributed by atoms with Crippen LogP contribution in [0.2, 0.25) is 0 Å². The molecule has 0 saturated carbocycles.